The predicted molar refractivity (Wildman–Crippen MR) is 123 cm³/mol. The highest BCUT2D eigenvalue weighted by molar-refractivity contribution is 5.90. The molecule has 1 aromatic carbocycles. The first-order chi connectivity index (χ1) is 15.5. The Labute approximate surface area is 195 Å². The molecule has 1 amide bonds. The van der Waals surface area contributed by atoms with Crippen LogP contribution in [-0.2, 0) is 15.9 Å². The summed E-state index contributed by atoms with van der Waals surface area (Å²) >= 11 is 0. The van der Waals surface area contributed by atoms with Crippen LogP contribution in [0.4, 0.5) is 4.79 Å². The van der Waals surface area contributed by atoms with Crippen molar-refractivity contribution in [2.24, 2.45) is 0 Å². The molecule has 8 nitrogen and oxygen atoms in total. The van der Waals surface area contributed by atoms with Crippen molar-refractivity contribution >= 4 is 12.1 Å². The summed E-state index contributed by atoms with van der Waals surface area (Å²) in [4.78, 5) is 27.0. The van der Waals surface area contributed by atoms with Gasteiger partial charge in [0.2, 0.25) is 0 Å². The molecular formula is C25H32N4O4. The lowest BCUT2D eigenvalue weighted by Crippen LogP contribution is -2.43. The van der Waals surface area contributed by atoms with Gasteiger partial charge in [-0.3, -0.25) is 4.90 Å². The second kappa shape index (κ2) is 9.26. The third-order valence-electron chi connectivity index (χ3n) is 5.53. The Morgan fingerprint density at radius 3 is 2.55 bits per heavy atom. The smallest absolute Gasteiger partial charge is 0.411 e. The molecule has 0 bridgehead atoms. The number of carbonyl (C=O) groups is 2. The van der Waals surface area contributed by atoms with Crippen molar-refractivity contribution in [3.63, 3.8) is 0 Å². The van der Waals surface area contributed by atoms with Crippen LogP contribution in [0.5, 0.6) is 0 Å². The summed E-state index contributed by atoms with van der Waals surface area (Å²) in [5, 5.41) is 14.6. The van der Waals surface area contributed by atoms with E-state index in [1.807, 2.05) is 19.1 Å². The van der Waals surface area contributed by atoms with Gasteiger partial charge in [0.1, 0.15) is 5.60 Å². The molecule has 1 aliphatic rings. The van der Waals surface area contributed by atoms with Gasteiger partial charge in [-0.05, 0) is 57.7 Å². The minimum absolute atomic E-state index is 0.0546. The number of aryl methyl sites for hydroxylation is 1. The number of carbonyl (C=O) groups excluding carboxylic acids is 2. The van der Waals surface area contributed by atoms with Gasteiger partial charge in [-0.25, -0.2) is 14.3 Å². The molecule has 0 spiro atoms. The fourth-order valence-electron chi connectivity index (χ4n) is 3.98. The molecule has 0 aliphatic carbocycles. The van der Waals surface area contributed by atoms with Crippen molar-refractivity contribution in [3.8, 4) is 11.8 Å². The number of esters is 1. The topological polar surface area (TPSA) is 97.5 Å². The molecule has 0 unspecified atom stereocenters. The van der Waals surface area contributed by atoms with Gasteiger partial charge in [0.25, 0.3) is 0 Å². The zero-order valence-electron chi connectivity index (χ0n) is 20.4. The standard InChI is InChI=1S/C25H32N4O4/c1-8-32-23(30)22-21-19(11-12-28(20(21)14-26)24(31)33-25(5,6)7)29(27-22)18-10-9-17(15(2)3)13-16(18)4/h9-10,13,15,20H,8,11-12H2,1-7H3/t20-/m0/s1. The summed E-state index contributed by atoms with van der Waals surface area (Å²) in [5.41, 5.74) is 3.51. The van der Waals surface area contributed by atoms with Gasteiger partial charge in [-0.1, -0.05) is 26.0 Å². The Hall–Kier alpha value is -3.34. The summed E-state index contributed by atoms with van der Waals surface area (Å²) in [6.07, 6.45) is -0.176. The van der Waals surface area contributed by atoms with Crippen LogP contribution >= 0.6 is 0 Å². The van der Waals surface area contributed by atoms with Gasteiger partial charge in [-0.15, -0.1) is 0 Å². The average molecular weight is 453 g/mol. The average Bonchev–Trinajstić information content (AvgIpc) is 3.11. The Balaban J connectivity index is 2.15. The third kappa shape index (κ3) is 4.87. The molecule has 0 saturated heterocycles. The molecule has 1 atom stereocenters. The van der Waals surface area contributed by atoms with Crippen molar-refractivity contribution < 1.29 is 19.1 Å². The number of aromatic nitrogens is 2. The van der Waals surface area contributed by atoms with Crippen LogP contribution < -0.4 is 0 Å². The minimum Gasteiger partial charge on any atom is -0.461 e. The maximum Gasteiger partial charge on any atom is 0.411 e. The first-order valence-electron chi connectivity index (χ1n) is 11.3. The molecule has 8 heteroatoms. The first-order valence-corrected chi connectivity index (χ1v) is 11.3. The molecule has 0 radical (unpaired) electrons. The van der Waals surface area contributed by atoms with Crippen LogP contribution in [0.2, 0.25) is 0 Å². The van der Waals surface area contributed by atoms with Crippen LogP contribution in [0.3, 0.4) is 0 Å². The van der Waals surface area contributed by atoms with E-state index in [9.17, 15) is 14.9 Å². The van der Waals surface area contributed by atoms with Crippen molar-refractivity contribution in [1.82, 2.24) is 14.7 Å². The molecule has 1 aliphatic heterocycles. The van der Waals surface area contributed by atoms with Crippen LogP contribution in [0, 0.1) is 18.3 Å². The Morgan fingerprint density at radius 2 is 2.00 bits per heavy atom. The number of ether oxygens (including phenoxy) is 2. The number of benzene rings is 1. The maximum atomic E-state index is 12.8. The van der Waals surface area contributed by atoms with Gasteiger partial charge >= 0.3 is 12.1 Å². The Bertz CT molecular complexity index is 1100. The SMILES string of the molecule is CCOC(=O)c1nn(-c2ccc(C(C)C)cc2C)c2c1[C@H](C#N)N(C(=O)OC(C)(C)C)CC2. The summed E-state index contributed by atoms with van der Waals surface area (Å²) in [7, 11) is 0. The van der Waals surface area contributed by atoms with Gasteiger partial charge in [0.05, 0.1) is 24.1 Å². The highest BCUT2D eigenvalue weighted by Crippen LogP contribution is 2.35. The van der Waals surface area contributed by atoms with Crippen molar-refractivity contribution in [1.29, 1.82) is 5.26 Å². The van der Waals surface area contributed by atoms with Crippen LogP contribution in [0.15, 0.2) is 18.2 Å². The summed E-state index contributed by atoms with van der Waals surface area (Å²) < 4.78 is 12.5. The summed E-state index contributed by atoms with van der Waals surface area (Å²) in [6, 6.07) is 7.31. The van der Waals surface area contributed by atoms with Crippen LogP contribution in [-0.4, -0.2) is 45.5 Å². The third-order valence-corrected chi connectivity index (χ3v) is 5.53. The maximum absolute atomic E-state index is 12.8. The largest absolute Gasteiger partial charge is 0.461 e. The molecule has 33 heavy (non-hydrogen) atoms. The lowest BCUT2D eigenvalue weighted by Gasteiger charge is -2.33. The molecule has 0 saturated carbocycles. The number of nitrogens with zero attached hydrogens (tertiary/aromatic N) is 4. The van der Waals surface area contributed by atoms with E-state index in [0.717, 1.165) is 16.9 Å². The second-order valence-corrected chi connectivity index (χ2v) is 9.50. The molecule has 2 heterocycles. The van der Waals surface area contributed by atoms with E-state index < -0.39 is 23.7 Å². The fraction of sp³-hybridized carbons (Fsp3) is 0.520. The normalized spacial score (nSPS) is 15.7. The molecule has 0 fully saturated rings. The van der Waals surface area contributed by atoms with Crippen LogP contribution in [0.25, 0.3) is 5.69 Å². The van der Waals surface area contributed by atoms with Gasteiger partial charge < -0.3 is 9.47 Å². The van der Waals surface area contributed by atoms with Crippen LogP contribution in [0.1, 0.15) is 86.4 Å². The van der Waals surface area contributed by atoms with E-state index in [0.29, 0.717) is 17.9 Å². The quantitative estimate of drug-likeness (QED) is 0.616. The van der Waals surface area contributed by atoms with Crippen molar-refractivity contribution in [2.75, 3.05) is 13.2 Å². The highest BCUT2D eigenvalue weighted by Gasteiger charge is 2.40. The molecular weight excluding hydrogens is 420 g/mol. The number of rotatable bonds is 4. The number of hydrogen-bond acceptors (Lipinski definition) is 6. The van der Waals surface area contributed by atoms with Gasteiger partial charge in [0, 0.05) is 18.5 Å². The van der Waals surface area contributed by atoms with E-state index in [-0.39, 0.29) is 18.8 Å². The predicted octanol–water partition coefficient (Wildman–Crippen LogP) is 4.84. The summed E-state index contributed by atoms with van der Waals surface area (Å²) in [5.74, 6) is -0.236. The summed E-state index contributed by atoms with van der Waals surface area (Å²) in [6.45, 7) is 13.7. The molecule has 2 aromatic rings. The van der Waals surface area contributed by atoms with Gasteiger partial charge in [-0.2, -0.15) is 10.4 Å². The zero-order chi connectivity index (χ0) is 24.5. The first kappa shape index (κ1) is 24.3. The van der Waals surface area contributed by atoms with Crippen molar-refractivity contribution in [3.05, 3.63) is 46.3 Å². The Morgan fingerprint density at radius 1 is 1.30 bits per heavy atom. The van der Waals surface area contributed by atoms with E-state index in [1.165, 1.54) is 10.5 Å². The Kier molecular flexibility index (Phi) is 6.82. The monoisotopic (exact) mass is 452 g/mol. The lowest BCUT2D eigenvalue weighted by atomic mass is 9.96. The molecule has 3 rings (SSSR count). The molecule has 176 valence electrons. The van der Waals surface area contributed by atoms with Crippen molar-refractivity contribution in [2.45, 2.75) is 72.4 Å². The lowest BCUT2D eigenvalue weighted by molar-refractivity contribution is 0.0185. The highest BCUT2D eigenvalue weighted by atomic mass is 16.6. The van der Waals surface area contributed by atoms with E-state index in [2.05, 4.69) is 31.1 Å². The van der Waals surface area contributed by atoms with Gasteiger partial charge in [0.15, 0.2) is 11.7 Å². The second-order valence-electron chi connectivity index (χ2n) is 9.50. The zero-order valence-corrected chi connectivity index (χ0v) is 20.4. The number of fused-ring (bicyclic) bond motifs is 1. The van der Waals surface area contributed by atoms with E-state index >= 15 is 0 Å². The van der Waals surface area contributed by atoms with E-state index in [1.54, 1.807) is 32.4 Å². The number of nitriles is 1. The van der Waals surface area contributed by atoms with E-state index in [4.69, 9.17) is 9.47 Å². The number of hydrogen-bond donors (Lipinski definition) is 0. The number of amides is 1. The molecule has 1 aromatic heterocycles. The molecule has 0 N–H and O–H groups in total. The fourth-order valence-corrected chi connectivity index (χ4v) is 3.98. The minimum atomic E-state index is -1.01.